The van der Waals surface area contributed by atoms with Crippen molar-refractivity contribution in [3.05, 3.63) is 84.6 Å². The van der Waals surface area contributed by atoms with E-state index in [0.29, 0.717) is 19.3 Å². The first kappa shape index (κ1) is 25.2. The number of aromatic nitrogens is 1. The van der Waals surface area contributed by atoms with Gasteiger partial charge in [-0.15, -0.1) is 6.58 Å². The van der Waals surface area contributed by atoms with Crippen molar-refractivity contribution in [2.45, 2.75) is 37.8 Å². The van der Waals surface area contributed by atoms with Crippen molar-refractivity contribution >= 4 is 22.7 Å². The molecule has 2 amide bonds. The summed E-state index contributed by atoms with van der Waals surface area (Å²) in [5.74, 6) is -1.24. The largest absolute Gasteiger partial charge is 0.394 e. The number of fused-ring (bicyclic) bond motifs is 1. The molecule has 34 heavy (non-hydrogen) atoms. The van der Waals surface area contributed by atoms with Crippen molar-refractivity contribution in [3.8, 4) is 0 Å². The van der Waals surface area contributed by atoms with Gasteiger partial charge in [0.2, 0.25) is 11.8 Å². The predicted octanol–water partition coefficient (Wildman–Crippen LogP) is 2.49. The number of hydrogen-bond acceptors (Lipinski definition) is 4. The molecule has 3 aromatic rings. The number of amides is 2. The van der Waals surface area contributed by atoms with Crippen molar-refractivity contribution in [3.63, 3.8) is 0 Å². The normalized spacial score (nSPS) is 13.7. The second-order valence-electron chi connectivity index (χ2n) is 8.51. The summed E-state index contributed by atoms with van der Waals surface area (Å²) in [5, 5.41) is 26.3. The molecular formula is C27H33N3O4. The van der Waals surface area contributed by atoms with Crippen molar-refractivity contribution in [2.24, 2.45) is 5.92 Å². The summed E-state index contributed by atoms with van der Waals surface area (Å²) in [6.07, 6.45) is 4.75. The Morgan fingerprint density at radius 2 is 1.62 bits per heavy atom. The van der Waals surface area contributed by atoms with Crippen LogP contribution in [0.4, 0.5) is 0 Å². The van der Waals surface area contributed by atoms with E-state index in [0.717, 1.165) is 22.0 Å². The van der Waals surface area contributed by atoms with E-state index < -0.39 is 18.0 Å². The lowest BCUT2D eigenvalue weighted by Gasteiger charge is -2.22. The van der Waals surface area contributed by atoms with E-state index in [4.69, 9.17) is 0 Å². The van der Waals surface area contributed by atoms with Gasteiger partial charge in [0.15, 0.2) is 0 Å². The van der Waals surface area contributed by atoms with Crippen LogP contribution in [0.2, 0.25) is 0 Å². The highest BCUT2D eigenvalue weighted by atomic mass is 16.3. The van der Waals surface area contributed by atoms with E-state index in [2.05, 4.69) is 22.2 Å². The standard InChI is InChI=1S/C27H33N3O4/c1-2-8-20(15-26(33)29-22(17-31)13-19-9-4-3-5-10-19)27(34)30-23(18-32)14-21-16-28-25-12-7-6-11-24(21)25/h2-7,9-12,16,20,22-23,28,31-32H,1,8,13-15,17-18H2,(H,29,33)(H,30,34)/t20-,22-,23+/m1/s1. The fourth-order valence-electron chi connectivity index (χ4n) is 4.10. The van der Waals surface area contributed by atoms with Gasteiger partial charge in [0.1, 0.15) is 0 Å². The van der Waals surface area contributed by atoms with Crippen LogP contribution in [0.5, 0.6) is 0 Å². The van der Waals surface area contributed by atoms with E-state index in [9.17, 15) is 19.8 Å². The quantitative estimate of drug-likeness (QED) is 0.251. The van der Waals surface area contributed by atoms with Crippen molar-refractivity contribution in [1.82, 2.24) is 15.6 Å². The third-order valence-corrected chi connectivity index (χ3v) is 5.87. The zero-order valence-electron chi connectivity index (χ0n) is 19.2. The molecule has 1 aromatic heterocycles. The Kier molecular flexibility index (Phi) is 9.43. The molecule has 3 rings (SSSR count). The fourth-order valence-corrected chi connectivity index (χ4v) is 4.10. The molecule has 0 saturated heterocycles. The molecule has 0 fully saturated rings. The summed E-state index contributed by atoms with van der Waals surface area (Å²) >= 11 is 0. The number of nitrogens with one attached hydrogen (secondary N) is 3. The SMILES string of the molecule is C=CC[C@H](CC(=O)N[C@@H](CO)Cc1ccccc1)C(=O)N[C@H](CO)Cc1c[nH]c2ccccc12. The molecule has 0 aliphatic rings. The molecule has 0 radical (unpaired) electrons. The molecule has 180 valence electrons. The highest BCUT2D eigenvalue weighted by molar-refractivity contribution is 5.86. The van der Waals surface area contributed by atoms with Gasteiger partial charge in [0, 0.05) is 23.5 Å². The molecule has 1 heterocycles. The molecule has 0 aliphatic carbocycles. The monoisotopic (exact) mass is 463 g/mol. The molecule has 0 bridgehead atoms. The Morgan fingerprint density at radius 3 is 2.32 bits per heavy atom. The smallest absolute Gasteiger partial charge is 0.224 e. The lowest BCUT2D eigenvalue weighted by molar-refractivity contribution is -0.131. The molecular weight excluding hydrogens is 430 g/mol. The second-order valence-corrected chi connectivity index (χ2v) is 8.51. The molecule has 7 nitrogen and oxygen atoms in total. The van der Waals surface area contributed by atoms with Crippen LogP contribution in [0.3, 0.4) is 0 Å². The van der Waals surface area contributed by atoms with Crippen molar-refractivity contribution in [2.75, 3.05) is 13.2 Å². The third-order valence-electron chi connectivity index (χ3n) is 5.87. The summed E-state index contributed by atoms with van der Waals surface area (Å²) in [6.45, 7) is 3.29. The first-order valence-corrected chi connectivity index (χ1v) is 11.5. The molecule has 2 aromatic carbocycles. The van der Waals surface area contributed by atoms with Crippen molar-refractivity contribution < 1.29 is 19.8 Å². The van der Waals surface area contributed by atoms with Gasteiger partial charge in [-0.1, -0.05) is 54.6 Å². The van der Waals surface area contributed by atoms with Crippen LogP contribution in [0.25, 0.3) is 10.9 Å². The molecule has 5 N–H and O–H groups in total. The zero-order chi connectivity index (χ0) is 24.3. The molecule has 0 aliphatic heterocycles. The van der Waals surface area contributed by atoms with Gasteiger partial charge in [0.25, 0.3) is 0 Å². The summed E-state index contributed by atoms with van der Waals surface area (Å²) in [7, 11) is 0. The number of aromatic amines is 1. The van der Waals surface area contributed by atoms with E-state index in [1.54, 1.807) is 6.08 Å². The summed E-state index contributed by atoms with van der Waals surface area (Å²) in [5.41, 5.74) is 3.00. The number of carbonyl (C=O) groups is 2. The Morgan fingerprint density at radius 1 is 0.941 bits per heavy atom. The number of carbonyl (C=O) groups excluding carboxylic acids is 2. The van der Waals surface area contributed by atoms with Gasteiger partial charge < -0.3 is 25.8 Å². The van der Waals surface area contributed by atoms with Gasteiger partial charge >= 0.3 is 0 Å². The number of aliphatic hydroxyl groups excluding tert-OH is 2. The van der Waals surface area contributed by atoms with Crippen LogP contribution < -0.4 is 10.6 Å². The predicted molar refractivity (Wildman–Crippen MR) is 133 cm³/mol. The van der Waals surface area contributed by atoms with Crippen LogP contribution in [-0.2, 0) is 22.4 Å². The van der Waals surface area contributed by atoms with Crippen LogP contribution in [-0.4, -0.2) is 52.3 Å². The number of rotatable bonds is 13. The number of H-pyrrole nitrogens is 1. The number of benzene rings is 2. The van der Waals surface area contributed by atoms with Crippen molar-refractivity contribution in [1.29, 1.82) is 0 Å². The maximum absolute atomic E-state index is 13.0. The first-order chi connectivity index (χ1) is 16.5. The van der Waals surface area contributed by atoms with Gasteiger partial charge in [-0.05, 0) is 36.5 Å². The maximum Gasteiger partial charge on any atom is 0.224 e. The van der Waals surface area contributed by atoms with Gasteiger partial charge in [0.05, 0.1) is 31.2 Å². The molecule has 0 saturated carbocycles. The summed E-state index contributed by atoms with van der Waals surface area (Å²) in [4.78, 5) is 28.8. The zero-order valence-corrected chi connectivity index (χ0v) is 19.2. The van der Waals surface area contributed by atoms with E-state index in [1.807, 2.05) is 60.8 Å². The topological polar surface area (TPSA) is 114 Å². The molecule has 0 spiro atoms. The van der Waals surface area contributed by atoms with Gasteiger partial charge in [-0.2, -0.15) is 0 Å². The second kappa shape index (κ2) is 12.7. The van der Waals surface area contributed by atoms with Crippen LogP contribution >= 0.6 is 0 Å². The minimum Gasteiger partial charge on any atom is -0.394 e. The Labute approximate surface area is 199 Å². The minimum absolute atomic E-state index is 0.0334. The number of para-hydroxylation sites is 1. The average Bonchev–Trinajstić information content (AvgIpc) is 3.26. The lowest BCUT2D eigenvalue weighted by atomic mass is 9.97. The Balaban J connectivity index is 1.58. The third kappa shape index (κ3) is 7.04. The first-order valence-electron chi connectivity index (χ1n) is 11.5. The van der Waals surface area contributed by atoms with E-state index >= 15 is 0 Å². The van der Waals surface area contributed by atoms with E-state index in [-0.39, 0.29) is 31.4 Å². The average molecular weight is 464 g/mol. The minimum atomic E-state index is -0.620. The molecule has 3 atom stereocenters. The van der Waals surface area contributed by atoms with Gasteiger partial charge in [-0.25, -0.2) is 0 Å². The fraction of sp³-hybridized carbons (Fsp3) is 0.333. The van der Waals surface area contributed by atoms with E-state index in [1.165, 1.54) is 0 Å². The van der Waals surface area contributed by atoms with Gasteiger partial charge in [-0.3, -0.25) is 9.59 Å². The Hall–Kier alpha value is -3.42. The number of aliphatic hydroxyl groups is 2. The number of hydrogen-bond donors (Lipinski definition) is 5. The maximum atomic E-state index is 13.0. The summed E-state index contributed by atoms with van der Waals surface area (Å²) in [6, 6.07) is 16.5. The summed E-state index contributed by atoms with van der Waals surface area (Å²) < 4.78 is 0. The number of allylic oxidation sites excluding steroid dienone is 1. The molecule has 0 unspecified atom stereocenters. The highest BCUT2D eigenvalue weighted by Gasteiger charge is 2.25. The van der Waals surface area contributed by atoms with Crippen LogP contribution in [0, 0.1) is 5.92 Å². The highest BCUT2D eigenvalue weighted by Crippen LogP contribution is 2.19. The van der Waals surface area contributed by atoms with Crippen LogP contribution in [0.1, 0.15) is 24.0 Å². The van der Waals surface area contributed by atoms with Crippen LogP contribution in [0.15, 0.2) is 73.4 Å². The molecule has 7 heteroatoms. The lowest BCUT2D eigenvalue weighted by Crippen LogP contribution is -2.45. The Bertz CT molecular complexity index is 1080.